The average molecular weight is 404 g/mol. The van der Waals surface area contributed by atoms with E-state index in [0.29, 0.717) is 17.0 Å². The Kier molecular flexibility index (Phi) is 5.27. The van der Waals surface area contributed by atoms with E-state index in [1.807, 2.05) is 6.07 Å². The highest BCUT2D eigenvalue weighted by Crippen LogP contribution is 2.38. The highest BCUT2D eigenvalue weighted by Gasteiger charge is 2.56. The molecule has 0 bridgehead atoms. The Labute approximate surface area is 154 Å². The zero-order valence-electron chi connectivity index (χ0n) is 14.9. The van der Waals surface area contributed by atoms with Crippen LogP contribution in [0.1, 0.15) is 32.8 Å². The van der Waals surface area contributed by atoms with Crippen LogP contribution in [-0.2, 0) is 22.9 Å². The maximum atomic E-state index is 14.4. The predicted octanol–water partition coefficient (Wildman–Crippen LogP) is 1.95. The Morgan fingerprint density at radius 2 is 1.88 bits per heavy atom. The molecule has 0 saturated heterocycles. The standard InChI is InChI=1S/C16H25N3O3S3/c1-5-11-24(20,21)25(22,17-4,12-13-9-7-6-8-10-13)15-18-14(23)16(2,3)19-15/h6-10H,5,11-12H2,1-4H3,(H,17,22)(H,18,19,23). The van der Waals surface area contributed by atoms with Crippen molar-refractivity contribution in [1.82, 2.24) is 10.0 Å². The van der Waals surface area contributed by atoms with E-state index >= 15 is 0 Å². The van der Waals surface area contributed by atoms with Gasteiger partial charge in [-0.15, -0.1) is 0 Å². The Morgan fingerprint density at radius 3 is 2.32 bits per heavy atom. The molecule has 6 nitrogen and oxygen atoms in total. The first-order valence-electron chi connectivity index (χ1n) is 8.02. The highest BCUT2D eigenvalue weighted by atomic mass is 33.2. The van der Waals surface area contributed by atoms with Gasteiger partial charge in [-0.25, -0.2) is 22.3 Å². The fourth-order valence-corrected chi connectivity index (χ4v) is 10.6. The molecule has 0 atom stereocenters. The molecular formula is C16H25N3O3S3. The molecule has 9 heteroatoms. The van der Waals surface area contributed by atoms with E-state index in [0.717, 1.165) is 0 Å². The van der Waals surface area contributed by atoms with Crippen molar-refractivity contribution in [2.45, 2.75) is 38.5 Å². The minimum atomic E-state index is -4.62. The Balaban J connectivity index is 2.76. The fourth-order valence-electron chi connectivity index (χ4n) is 2.66. The smallest absolute Gasteiger partial charge is 0.226 e. The van der Waals surface area contributed by atoms with Crippen LogP contribution in [0.2, 0.25) is 0 Å². The summed E-state index contributed by atoms with van der Waals surface area (Å²) in [6.45, 7) is 5.26. The first-order valence-corrected chi connectivity index (χ1v) is 12.7. The molecule has 0 unspecified atom stereocenters. The van der Waals surface area contributed by atoms with Gasteiger partial charge in [-0.05, 0) is 32.9 Å². The van der Waals surface area contributed by atoms with Crippen molar-refractivity contribution >= 4 is 39.5 Å². The molecule has 0 aromatic heterocycles. The summed E-state index contributed by atoms with van der Waals surface area (Å²) in [7, 11) is -7.26. The third kappa shape index (κ3) is 3.18. The second-order valence-corrected chi connectivity index (χ2v) is 15.3. The monoisotopic (exact) mass is 403 g/mol. The summed E-state index contributed by atoms with van der Waals surface area (Å²) in [5, 5.41) is 2.76. The van der Waals surface area contributed by atoms with E-state index in [1.165, 1.54) is 7.05 Å². The average Bonchev–Trinajstić information content (AvgIpc) is 2.82. The molecule has 1 heterocycles. The van der Waals surface area contributed by atoms with Crippen molar-refractivity contribution in [3.8, 4) is 0 Å². The first kappa shape index (κ1) is 20.2. The molecule has 0 radical (unpaired) electrons. The van der Waals surface area contributed by atoms with Crippen LogP contribution in [0.3, 0.4) is 0 Å². The minimum Gasteiger partial charge on any atom is -0.325 e. The van der Waals surface area contributed by atoms with Gasteiger partial charge >= 0.3 is 0 Å². The summed E-state index contributed by atoms with van der Waals surface area (Å²) in [5.41, 5.74) is -0.157. The summed E-state index contributed by atoms with van der Waals surface area (Å²) < 4.78 is 43.5. The number of amidine groups is 1. The largest absolute Gasteiger partial charge is 0.325 e. The SMILES string of the molecule is CCCS(=O)(=O)S(=O)(Cc1ccccc1)(NC)C1=NC(C)(C)C(=S)N1. The van der Waals surface area contributed by atoms with Crippen LogP contribution in [0.25, 0.3) is 0 Å². The zero-order valence-corrected chi connectivity index (χ0v) is 17.4. The molecule has 140 valence electrons. The van der Waals surface area contributed by atoms with Crippen LogP contribution in [0.4, 0.5) is 0 Å². The van der Waals surface area contributed by atoms with Crippen molar-refractivity contribution in [2.24, 2.45) is 4.99 Å². The van der Waals surface area contributed by atoms with Gasteiger partial charge in [-0.3, -0.25) is 0 Å². The lowest BCUT2D eigenvalue weighted by Crippen LogP contribution is -2.62. The molecule has 2 N–H and O–H groups in total. The number of thiocarbonyl (C=S) groups is 1. The Bertz CT molecular complexity index is 876. The highest BCUT2D eigenvalue weighted by molar-refractivity contribution is 8.86. The van der Waals surface area contributed by atoms with Gasteiger partial charge in [0.25, 0.3) is 0 Å². The van der Waals surface area contributed by atoms with Crippen LogP contribution in [0.5, 0.6) is 0 Å². The van der Waals surface area contributed by atoms with E-state index < -0.39 is 22.7 Å². The van der Waals surface area contributed by atoms with Crippen molar-refractivity contribution < 1.29 is 12.6 Å². The number of rotatable bonds is 6. The van der Waals surface area contributed by atoms with Crippen LogP contribution in [-0.4, -0.2) is 41.1 Å². The van der Waals surface area contributed by atoms with Crippen LogP contribution < -0.4 is 10.0 Å². The molecule has 1 aromatic carbocycles. The third-order valence-corrected chi connectivity index (χ3v) is 14.5. The Hall–Kier alpha value is -1.16. The molecule has 2 rings (SSSR count). The summed E-state index contributed by atoms with van der Waals surface area (Å²) in [4.78, 5) is 4.78. The van der Waals surface area contributed by atoms with Gasteiger partial charge in [0.2, 0.25) is 8.87 Å². The maximum Gasteiger partial charge on any atom is 0.226 e. The van der Waals surface area contributed by atoms with Gasteiger partial charge in [-0.2, -0.15) is 0 Å². The van der Waals surface area contributed by atoms with Crippen LogP contribution in [0, 0.1) is 0 Å². The normalized spacial score (nSPS) is 19.0. The summed E-state index contributed by atoms with van der Waals surface area (Å²) in [6.07, 6.45) is 0.356. The molecule has 1 aromatic rings. The molecule has 25 heavy (non-hydrogen) atoms. The lowest BCUT2D eigenvalue weighted by Gasteiger charge is -2.40. The molecule has 0 amide bonds. The third-order valence-electron chi connectivity index (χ3n) is 4.22. The molecule has 0 saturated carbocycles. The number of nitrogens with one attached hydrogen (secondary N) is 2. The summed E-state index contributed by atoms with van der Waals surface area (Å²) in [6, 6.07) is 8.90. The summed E-state index contributed by atoms with van der Waals surface area (Å²) >= 11 is 5.28. The molecule has 0 aliphatic carbocycles. The van der Waals surface area contributed by atoms with E-state index in [-0.39, 0.29) is 16.7 Å². The zero-order chi connectivity index (χ0) is 19.0. The topological polar surface area (TPSA) is 87.6 Å². The number of nitrogens with zero attached hydrogens (tertiary/aromatic N) is 1. The number of aliphatic imine (C=N–C) groups is 1. The lowest BCUT2D eigenvalue weighted by molar-refractivity contribution is 0.599. The van der Waals surface area contributed by atoms with Gasteiger partial charge in [0.15, 0.2) is 5.17 Å². The van der Waals surface area contributed by atoms with E-state index in [9.17, 15) is 12.6 Å². The Morgan fingerprint density at radius 1 is 1.28 bits per heavy atom. The molecular weight excluding hydrogens is 378 g/mol. The lowest BCUT2D eigenvalue weighted by atomic mass is 10.1. The molecule has 1 aliphatic heterocycles. The fraction of sp³-hybridized carbons (Fsp3) is 0.500. The predicted molar refractivity (Wildman–Crippen MR) is 109 cm³/mol. The number of hydrogen-bond acceptors (Lipinski definition) is 5. The van der Waals surface area contributed by atoms with Crippen molar-refractivity contribution in [3.63, 3.8) is 0 Å². The van der Waals surface area contributed by atoms with E-state index in [2.05, 4.69) is 15.0 Å². The van der Waals surface area contributed by atoms with Gasteiger partial charge in [-0.1, -0.05) is 49.5 Å². The first-order chi connectivity index (χ1) is 11.5. The van der Waals surface area contributed by atoms with Crippen molar-refractivity contribution in [2.75, 3.05) is 12.8 Å². The number of benzene rings is 1. The quantitative estimate of drug-likeness (QED) is 0.560. The van der Waals surface area contributed by atoms with Gasteiger partial charge in [0, 0.05) is 0 Å². The van der Waals surface area contributed by atoms with E-state index in [4.69, 9.17) is 12.2 Å². The van der Waals surface area contributed by atoms with Gasteiger partial charge in [0.1, 0.15) is 18.8 Å². The second-order valence-electron chi connectivity index (χ2n) is 6.55. The molecule has 1 aliphatic rings. The molecule has 0 spiro atoms. The number of hydrogen-bond donors (Lipinski definition) is 2. The van der Waals surface area contributed by atoms with Crippen molar-refractivity contribution in [1.29, 1.82) is 0 Å². The maximum absolute atomic E-state index is 14.4. The molecule has 0 fully saturated rings. The van der Waals surface area contributed by atoms with Crippen LogP contribution in [0.15, 0.2) is 35.3 Å². The second kappa shape index (κ2) is 6.53. The van der Waals surface area contributed by atoms with Gasteiger partial charge < -0.3 is 5.32 Å². The summed E-state index contributed by atoms with van der Waals surface area (Å²) in [5.74, 6) is -0.401. The van der Waals surface area contributed by atoms with Crippen molar-refractivity contribution in [3.05, 3.63) is 35.9 Å². The van der Waals surface area contributed by atoms with Crippen LogP contribution >= 0.6 is 12.2 Å². The minimum absolute atomic E-state index is 0.0770. The van der Waals surface area contributed by atoms with E-state index in [1.54, 1.807) is 45.0 Å². The van der Waals surface area contributed by atoms with Gasteiger partial charge in [0.05, 0.1) is 11.5 Å².